The summed E-state index contributed by atoms with van der Waals surface area (Å²) in [5.74, 6) is 0.762. The lowest BCUT2D eigenvalue weighted by atomic mass is 9.86. The van der Waals surface area contributed by atoms with E-state index in [1.165, 1.54) is 34.8 Å². The average molecular weight is 238 g/mol. The van der Waals surface area contributed by atoms with Crippen LogP contribution < -0.4 is 5.73 Å². The molecule has 2 rings (SSSR count). The van der Waals surface area contributed by atoms with Crippen molar-refractivity contribution in [3.05, 3.63) is 15.6 Å². The molecule has 0 aromatic carbocycles. The Labute approximate surface area is 102 Å². The second-order valence-corrected chi connectivity index (χ2v) is 6.85. The first-order chi connectivity index (χ1) is 7.52. The van der Waals surface area contributed by atoms with Crippen LogP contribution >= 0.6 is 11.3 Å². The number of nitrogens with two attached hydrogens (primary N) is 1. The maximum absolute atomic E-state index is 5.79. The van der Waals surface area contributed by atoms with Gasteiger partial charge in [0.1, 0.15) is 0 Å². The molecule has 0 bridgehead atoms. The molecular weight excluding hydrogens is 216 g/mol. The smallest absolute Gasteiger partial charge is 0.0961 e. The number of thiazole rings is 1. The molecule has 0 unspecified atom stereocenters. The van der Waals surface area contributed by atoms with Gasteiger partial charge in [-0.15, -0.1) is 11.3 Å². The van der Waals surface area contributed by atoms with Gasteiger partial charge in [0.2, 0.25) is 0 Å². The zero-order valence-electron chi connectivity index (χ0n) is 10.5. The van der Waals surface area contributed by atoms with Crippen LogP contribution in [0.5, 0.6) is 0 Å². The van der Waals surface area contributed by atoms with Crippen molar-refractivity contribution in [1.29, 1.82) is 0 Å². The molecule has 2 nitrogen and oxygen atoms in total. The highest BCUT2D eigenvalue weighted by Crippen LogP contribution is 2.40. The zero-order valence-corrected chi connectivity index (χ0v) is 11.4. The third-order valence-electron chi connectivity index (χ3n) is 3.56. The lowest BCUT2D eigenvalue weighted by Gasteiger charge is -2.23. The van der Waals surface area contributed by atoms with Crippen LogP contribution in [0.3, 0.4) is 0 Å². The van der Waals surface area contributed by atoms with Crippen LogP contribution in [0.25, 0.3) is 0 Å². The molecular formula is C13H22N2S. The molecule has 1 aromatic heterocycles. The molecule has 1 aromatic rings. The minimum atomic E-state index is 0.203. The van der Waals surface area contributed by atoms with Crippen LogP contribution in [0.4, 0.5) is 0 Å². The lowest BCUT2D eigenvalue weighted by molar-refractivity contribution is 0.378. The summed E-state index contributed by atoms with van der Waals surface area (Å²) in [5.41, 5.74) is 7.22. The summed E-state index contributed by atoms with van der Waals surface area (Å²) in [5, 5.41) is 1.37. The summed E-state index contributed by atoms with van der Waals surface area (Å²) >= 11 is 1.92. The Morgan fingerprint density at radius 1 is 1.44 bits per heavy atom. The van der Waals surface area contributed by atoms with Crippen molar-refractivity contribution in [1.82, 2.24) is 4.98 Å². The van der Waals surface area contributed by atoms with Gasteiger partial charge in [-0.2, -0.15) is 0 Å². The molecule has 0 spiro atoms. The first kappa shape index (κ1) is 12.1. The molecule has 3 heteroatoms. The van der Waals surface area contributed by atoms with Gasteiger partial charge in [-0.1, -0.05) is 20.3 Å². The topological polar surface area (TPSA) is 38.9 Å². The number of aromatic nitrogens is 1. The van der Waals surface area contributed by atoms with Crippen molar-refractivity contribution in [3.63, 3.8) is 0 Å². The van der Waals surface area contributed by atoms with Gasteiger partial charge in [0.25, 0.3) is 0 Å². The maximum atomic E-state index is 5.79. The van der Waals surface area contributed by atoms with E-state index >= 15 is 0 Å². The largest absolute Gasteiger partial charge is 0.330 e. The molecule has 1 saturated carbocycles. The second-order valence-electron chi connectivity index (χ2n) is 5.73. The number of hydrogen-bond donors (Lipinski definition) is 1. The molecule has 0 saturated heterocycles. The van der Waals surface area contributed by atoms with Crippen LogP contribution in [0.2, 0.25) is 0 Å². The van der Waals surface area contributed by atoms with E-state index in [1.807, 2.05) is 11.3 Å². The Morgan fingerprint density at radius 2 is 2.12 bits per heavy atom. The highest BCUT2D eigenvalue weighted by molar-refractivity contribution is 7.11. The predicted molar refractivity (Wildman–Crippen MR) is 70.0 cm³/mol. The van der Waals surface area contributed by atoms with Crippen molar-refractivity contribution >= 4 is 11.3 Å². The van der Waals surface area contributed by atoms with Gasteiger partial charge >= 0.3 is 0 Å². The van der Waals surface area contributed by atoms with Crippen LogP contribution in [-0.2, 0) is 6.42 Å². The van der Waals surface area contributed by atoms with Gasteiger partial charge in [-0.25, -0.2) is 4.98 Å². The minimum Gasteiger partial charge on any atom is -0.330 e. The van der Waals surface area contributed by atoms with Crippen molar-refractivity contribution < 1.29 is 0 Å². The molecule has 1 aliphatic rings. The van der Waals surface area contributed by atoms with E-state index in [1.54, 1.807) is 0 Å². The minimum absolute atomic E-state index is 0.203. The Kier molecular flexibility index (Phi) is 3.36. The molecule has 2 N–H and O–H groups in total. The fourth-order valence-electron chi connectivity index (χ4n) is 1.95. The lowest BCUT2D eigenvalue weighted by Crippen LogP contribution is -2.25. The summed E-state index contributed by atoms with van der Waals surface area (Å²) < 4.78 is 0. The standard InChI is InChI=1S/C13H22N2S/c1-9-11(7-13(2,3)8-14)16-12(15-9)10-5-4-6-10/h10H,4-8,14H2,1-3H3. The van der Waals surface area contributed by atoms with Crippen molar-refractivity contribution in [2.45, 2.75) is 52.4 Å². The van der Waals surface area contributed by atoms with Gasteiger partial charge in [0.15, 0.2) is 0 Å². The van der Waals surface area contributed by atoms with E-state index in [2.05, 4.69) is 20.8 Å². The molecule has 0 radical (unpaired) electrons. The van der Waals surface area contributed by atoms with Crippen LogP contribution in [0.1, 0.15) is 54.6 Å². The van der Waals surface area contributed by atoms with Gasteiger partial charge in [-0.3, -0.25) is 0 Å². The molecule has 1 aliphatic carbocycles. The normalized spacial score (nSPS) is 17.5. The van der Waals surface area contributed by atoms with Gasteiger partial charge in [0, 0.05) is 10.8 Å². The Balaban J connectivity index is 2.12. The fourth-order valence-corrected chi connectivity index (χ4v) is 3.44. The third-order valence-corrected chi connectivity index (χ3v) is 4.88. The quantitative estimate of drug-likeness (QED) is 0.874. The van der Waals surface area contributed by atoms with Crippen molar-refractivity contribution in [2.75, 3.05) is 6.54 Å². The SMILES string of the molecule is Cc1nc(C2CCC2)sc1CC(C)(C)CN. The summed E-state index contributed by atoms with van der Waals surface area (Å²) in [6, 6.07) is 0. The Hall–Kier alpha value is -0.410. The summed E-state index contributed by atoms with van der Waals surface area (Å²) in [6.07, 6.45) is 5.13. The number of aryl methyl sites for hydroxylation is 1. The summed E-state index contributed by atoms with van der Waals surface area (Å²) in [7, 11) is 0. The number of rotatable bonds is 4. The number of nitrogens with zero attached hydrogens (tertiary/aromatic N) is 1. The molecule has 1 heterocycles. The fraction of sp³-hybridized carbons (Fsp3) is 0.769. The van der Waals surface area contributed by atoms with E-state index in [0.717, 1.165) is 18.9 Å². The second kappa shape index (κ2) is 4.46. The molecule has 1 fully saturated rings. The highest BCUT2D eigenvalue weighted by atomic mass is 32.1. The van der Waals surface area contributed by atoms with E-state index in [-0.39, 0.29) is 5.41 Å². The molecule has 0 amide bonds. The van der Waals surface area contributed by atoms with Crippen LogP contribution in [-0.4, -0.2) is 11.5 Å². The molecule has 0 aliphatic heterocycles. The highest BCUT2D eigenvalue weighted by Gasteiger charge is 2.25. The van der Waals surface area contributed by atoms with E-state index < -0.39 is 0 Å². The van der Waals surface area contributed by atoms with Gasteiger partial charge in [0.05, 0.1) is 10.7 Å². The number of hydrogen-bond acceptors (Lipinski definition) is 3. The maximum Gasteiger partial charge on any atom is 0.0961 e. The van der Waals surface area contributed by atoms with E-state index in [4.69, 9.17) is 10.7 Å². The van der Waals surface area contributed by atoms with E-state index in [0.29, 0.717) is 0 Å². The van der Waals surface area contributed by atoms with Crippen molar-refractivity contribution in [3.8, 4) is 0 Å². The monoisotopic (exact) mass is 238 g/mol. The summed E-state index contributed by atoms with van der Waals surface area (Å²) in [4.78, 5) is 6.17. The summed E-state index contributed by atoms with van der Waals surface area (Å²) in [6.45, 7) is 7.34. The zero-order chi connectivity index (χ0) is 11.8. The van der Waals surface area contributed by atoms with E-state index in [9.17, 15) is 0 Å². The molecule has 90 valence electrons. The first-order valence-electron chi connectivity index (χ1n) is 6.18. The van der Waals surface area contributed by atoms with Gasteiger partial charge in [-0.05, 0) is 38.1 Å². The Morgan fingerprint density at radius 3 is 2.62 bits per heavy atom. The first-order valence-corrected chi connectivity index (χ1v) is 7.00. The average Bonchev–Trinajstić information content (AvgIpc) is 2.44. The van der Waals surface area contributed by atoms with Crippen molar-refractivity contribution in [2.24, 2.45) is 11.1 Å². The van der Waals surface area contributed by atoms with Crippen LogP contribution in [0, 0.1) is 12.3 Å². The van der Waals surface area contributed by atoms with Crippen LogP contribution in [0.15, 0.2) is 0 Å². The molecule has 16 heavy (non-hydrogen) atoms. The van der Waals surface area contributed by atoms with Gasteiger partial charge < -0.3 is 5.73 Å². The third kappa shape index (κ3) is 2.46. The molecule has 0 atom stereocenters. The predicted octanol–water partition coefficient (Wildman–Crippen LogP) is 3.25. The Bertz CT molecular complexity index is 364.